The third-order valence-electron chi connectivity index (χ3n) is 5.43. The summed E-state index contributed by atoms with van der Waals surface area (Å²) in [5, 5.41) is 3.02. The predicted molar refractivity (Wildman–Crippen MR) is 99.3 cm³/mol. The average molecular weight is 323 g/mol. The highest BCUT2D eigenvalue weighted by Crippen LogP contribution is 2.27. The smallest absolute Gasteiger partial charge is 0.258 e. The van der Waals surface area contributed by atoms with Gasteiger partial charge in [0.25, 0.3) is 5.56 Å². The maximum Gasteiger partial charge on any atom is 0.258 e. The molecule has 1 aliphatic rings. The zero-order chi connectivity index (χ0) is 16.5. The Hall–Kier alpha value is -2.07. The summed E-state index contributed by atoms with van der Waals surface area (Å²) in [5.41, 5.74) is 6.99. The van der Waals surface area contributed by atoms with Crippen molar-refractivity contribution in [2.24, 2.45) is 11.7 Å². The molecule has 2 N–H and O–H groups in total. The standard InChI is InChI=1S/C20H25N3O/c21-10-13-22-11-8-16-6-7-18-17(19(16)22)9-12-23(20(18)24)14-15-4-2-1-3-5-15/h6-9,11-12,15H,1-5,10,13-14,21H2. The van der Waals surface area contributed by atoms with E-state index in [9.17, 15) is 4.79 Å². The fraction of sp³-hybridized carbons (Fsp3) is 0.450. The van der Waals surface area contributed by atoms with Crippen molar-refractivity contribution in [3.05, 3.63) is 47.0 Å². The Bertz CT molecular complexity index is 916. The summed E-state index contributed by atoms with van der Waals surface area (Å²) in [6.07, 6.45) is 10.5. The average Bonchev–Trinajstić information content (AvgIpc) is 3.02. The third-order valence-corrected chi connectivity index (χ3v) is 5.43. The van der Waals surface area contributed by atoms with Gasteiger partial charge in [-0.3, -0.25) is 4.79 Å². The number of nitrogens with zero attached hydrogens (tertiary/aromatic N) is 2. The number of benzene rings is 1. The third kappa shape index (κ3) is 2.65. The van der Waals surface area contributed by atoms with Crippen molar-refractivity contribution >= 4 is 21.7 Å². The minimum absolute atomic E-state index is 0.139. The van der Waals surface area contributed by atoms with Gasteiger partial charge in [-0.2, -0.15) is 0 Å². The van der Waals surface area contributed by atoms with E-state index in [1.54, 1.807) is 0 Å². The van der Waals surface area contributed by atoms with Gasteiger partial charge < -0.3 is 14.9 Å². The highest BCUT2D eigenvalue weighted by atomic mass is 16.1. The Morgan fingerprint density at radius 2 is 1.75 bits per heavy atom. The minimum Gasteiger partial charge on any atom is -0.346 e. The van der Waals surface area contributed by atoms with E-state index >= 15 is 0 Å². The molecule has 1 fully saturated rings. The summed E-state index contributed by atoms with van der Waals surface area (Å²) in [6.45, 7) is 2.23. The van der Waals surface area contributed by atoms with Crippen LogP contribution in [0, 0.1) is 5.92 Å². The monoisotopic (exact) mass is 323 g/mol. The summed E-state index contributed by atoms with van der Waals surface area (Å²) >= 11 is 0. The van der Waals surface area contributed by atoms with E-state index in [4.69, 9.17) is 5.73 Å². The number of pyridine rings is 1. The van der Waals surface area contributed by atoms with Crippen LogP contribution in [0.2, 0.25) is 0 Å². The van der Waals surface area contributed by atoms with Crippen molar-refractivity contribution in [3.63, 3.8) is 0 Å². The molecule has 0 saturated heterocycles. The van der Waals surface area contributed by atoms with Gasteiger partial charge in [-0.15, -0.1) is 0 Å². The molecule has 126 valence electrons. The van der Waals surface area contributed by atoms with Crippen LogP contribution in [0.3, 0.4) is 0 Å². The molecule has 2 heterocycles. The van der Waals surface area contributed by atoms with Crippen molar-refractivity contribution in [1.29, 1.82) is 0 Å². The van der Waals surface area contributed by atoms with Gasteiger partial charge in [-0.25, -0.2) is 0 Å². The molecule has 1 saturated carbocycles. The molecule has 1 aliphatic carbocycles. The predicted octanol–water partition coefficient (Wildman–Crippen LogP) is 3.50. The molecule has 1 aromatic carbocycles. The highest BCUT2D eigenvalue weighted by Gasteiger charge is 2.16. The van der Waals surface area contributed by atoms with Crippen LogP contribution in [0.4, 0.5) is 0 Å². The Balaban J connectivity index is 1.79. The van der Waals surface area contributed by atoms with Crippen LogP contribution in [0.25, 0.3) is 21.7 Å². The molecule has 4 rings (SSSR count). The fourth-order valence-electron chi connectivity index (χ4n) is 4.18. The first-order valence-corrected chi connectivity index (χ1v) is 9.09. The van der Waals surface area contributed by atoms with Gasteiger partial charge in [0.15, 0.2) is 0 Å². The Morgan fingerprint density at radius 1 is 0.958 bits per heavy atom. The quantitative estimate of drug-likeness (QED) is 0.799. The summed E-state index contributed by atoms with van der Waals surface area (Å²) in [7, 11) is 0. The van der Waals surface area contributed by atoms with E-state index in [2.05, 4.69) is 29.0 Å². The number of rotatable bonds is 4. The van der Waals surface area contributed by atoms with E-state index < -0.39 is 0 Å². The lowest BCUT2D eigenvalue weighted by atomic mass is 9.89. The SMILES string of the molecule is NCCn1ccc2ccc3c(=O)n(CC4CCCCC4)ccc3c21. The van der Waals surface area contributed by atoms with Gasteiger partial charge in [0, 0.05) is 48.2 Å². The lowest BCUT2D eigenvalue weighted by molar-refractivity contribution is 0.316. The van der Waals surface area contributed by atoms with Gasteiger partial charge in [-0.1, -0.05) is 25.3 Å². The Morgan fingerprint density at radius 3 is 2.54 bits per heavy atom. The Kier molecular flexibility index (Phi) is 4.15. The molecule has 0 spiro atoms. The second-order valence-electron chi connectivity index (χ2n) is 7.04. The Labute approximate surface area is 141 Å². The van der Waals surface area contributed by atoms with Crippen molar-refractivity contribution in [3.8, 4) is 0 Å². The molecule has 0 unspecified atom stereocenters. The van der Waals surface area contributed by atoms with E-state index in [0.29, 0.717) is 12.5 Å². The molecular weight excluding hydrogens is 298 g/mol. The van der Waals surface area contributed by atoms with Crippen molar-refractivity contribution in [1.82, 2.24) is 9.13 Å². The van der Waals surface area contributed by atoms with Gasteiger partial charge >= 0.3 is 0 Å². The van der Waals surface area contributed by atoms with Gasteiger partial charge in [0.2, 0.25) is 0 Å². The molecule has 0 atom stereocenters. The number of aromatic nitrogens is 2. The first-order valence-electron chi connectivity index (χ1n) is 9.09. The molecule has 4 nitrogen and oxygen atoms in total. The van der Waals surface area contributed by atoms with Gasteiger partial charge in [-0.05, 0) is 37.0 Å². The van der Waals surface area contributed by atoms with Crippen LogP contribution in [-0.2, 0) is 13.1 Å². The van der Waals surface area contributed by atoms with Crippen LogP contribution < -0.4 is 11.3 Å². The van der Waals surface area contributed by atoms with Crippen molar-refractivity contribution < 1.29 is 0 Å². The zero-order valence-electron chi connectivity index (χ0n) is 14.1. The maximum atomic E-state index is 13.0. The lowest BCUT2D eigenvalue weighted by Crippen LogP contribution is -2.24. The largest absolute Gasteiger partial charge is 0.346 e. The molecule has 0 bridgehead atoms. The first kappa shape index (κ1) is 15.5. The molecule has 0 radical (unpaired) electrons. The molecule has 0 amide bonds. The molecular formula is C20H25N3O. The maximum absolute atomic E-state index is 13.0. The summed E-state index contributed by atoms with van der Waals surface area (Å²) in [4.78, 5) is 13.0. The second-order valence-corrected chi connectivity index (χ2v) is 7.04. The minimum atomic E-state index is 0.139. The zero-order valence-corrected chi connectivity index (χ0v) is 14.1. The number of hydrogen-bond acceptors (Lipinski definition) is 2. The van der Waals surface area contributed by atoms with Gasteiger partial charge in [0.1, 0.15) is 0 Å². The topological polar surface area (TPSA) is 52.9 Å². The molecule has 0 aliphatic heterocycles. The molecule has 2 aromatic heterocycles. The summed E-state index contributed by atoms with van der Waals surface area (Å²) in [6, 6.07) is 8.23. The van der Waals surface area contributed by atoms with E-state index in [-0.39, 0.29) is 5.56 Å². The normalized spacial score (nSPS) is 16.2. The number of fused-ring (bicyclic) bond motifs is 3. The number of hydrogen-bond donors (Lipinski definition) is 1. The lowest BCUT2D eigenvalue weighted by Gasteiger charge is -2.22. The van der Waals surface area contributed by atoms with Gasteiger partial charge in [0.05, 0.1) is 5.52 Å². The van der Waals surface area contributed by atoms with Crippen LogP contribution in [0.5, 0.6) is 0 Å². The van der Waals surface area contributed by atoms with Crippen LogP contribution >= 0.6 is 0 Å². The highest BCUT2D eigenvalue weighted by molar-refractivity contribution is 6.05. The van der Waals surface area contributed by atoms with E-state index in [1.165, 1.54) is 37.5 Å². The van der Waals surface area contributed by atoms with Crippen LogP contribution in [0.15, 0.2) is 41.5 Å². The van der Waals surface area contributed by atoms with E-state index in [1.807, 2.05) is 16.8 Å². The molecule has 4 heteroatoms. The second kappa shape index (κ2) is 6.44. The first-order chi connectivity index (χ1) is 11.8. The summed E-state index contributed by atoms with van der Waals surface area (Å²) < 4.78 is 4.07. The number of nitrogens with two attached hydrogens (primary N) is 1. The summed E-state index contributed by atoms with van der Waals surface area (Å²) in [5.74, 6) is 0.652. The molecule has 24 heavy (non-hydrogen) atoms. The van der Waals surface area contributed by atoms with Crippen molar-refractivity contribution in [2.75, 3.05) is 6.54 Å². The van der Waals surface area contributed by atoms with E-state index in [0.717, 1.165) is 29.4 Å². The molecule has 3 aromatic rings. The van der Waals surface area contributed by atoms with Crippen LogP contribution in [0.1, 0.15) is 32.1 Å². The van der Waals surface area contributed by atoms with Crippen molar-refractivity contribution in [2.45, 2.75) is 45.2 Å². The fourth-order valence-corrected chi connectivity index (χ4v) is 4.18. The van der Waals surface area contributed by atoms with Crippen LogP contribution in [-0.4, -0.2) is 15.7 Å².